The highest BCUT2D eigenvalue weighted by molar-refractivity contribution is 7.73. The van der Waals surface area contributed by atoms with Crippen LogP contribution in [-0.2, 0) is 7.05 Å². The van der Waals surface area contributed by atoms with Crippen LogP contribution >= 0.6 is 23.6 Å². The summed E-state index contributed by atoms with van der Waals surface area (Å²) in [6.07, 6.45) is 0. The number of nitrogens with zero attached hydrogens (tertiary/aromatic N) is 3. The number of fused-ring (bicyclic) bond motifs is 1. The molecule has 0 bridgehead atoms. The number of halogens is 1. The van der Waals surface area contributed by atoms with Gasteiger partial charge >= 0.3 is 5.69 Å². The van der Waals surface area contributed by atoms with Crippen LogP contribution in [0, 0.1) is 16.7 Å². The van der Waals surface area contributed by atoms with E-state index in [0.29, 0.717) is 20.0 Å². The number of hydrogen-bond acceptors (Lipinski definition) is 4. The van der Waals surface area contributed by atoms with E-state index < -0.39 is 5.82 Å². The molecule has 2 aromatic heterocycles. The third kappa shape index (κ3) is 1.83. The van der Waals surface area contributed by atoms with E-state index in [2.05, 4.69) is 10.1 Å². The summed E-state index contributed by atoms with van der Waals surface area (Å²) in [6, 6.07) is 2.91. The standard InChI is InChI=1S/C11H9FN4OS2/c1-5-14-16(11(17)15(5)2)8-4-7-9(3-6(8)12)19-10(18)13-7/h3-4H,1-2H3,(H,13,18). The van der Waals surface area contributed by atoms with Gasteiger partial charge < -0.3 is 4.98 Å². The maximum atomic E-state index is 14.1. The Bertz CT molecular complexity index is 902. The molecule has 5 nitrogen and oxygen atoms in total. The molecule has 0 saturated heterocycles. The number of thiazole rings is 1. The van der Waals surface area contributed by atoms with Gasteiger partial charge in [-0.25, -0.2) is 9.18 Å². The zero-order chi connectivity index (χ0) is 13.7. The van der Waals surface area contributed by atoms with E-state index in [1.165, 1.54) is 22.0 Å². The van der Waals surface area contributed by atoms with Gasteiger partial charge in [0.1, 0.15) is 11.5 Å². The molecule has 0 unspecified atom stereocenters. The summed E-state index contributed by atoms with van der Waals surface area (Å²) in [4.78, 5) is 14.9. The van der Waals surface area contributed by atoms with Crippen LogP contribution in [0.1, 0.15) is 5.82 Å². The highest BCUT2D eigenvalue weighted by Gasteiger charge is 2.14. The van der Waals surface area contributed by atoms with Gasteiger partial charge in [-0.15, -0.1) is 11.3 Å². The molecule has 0 saturated carbocycles. The summed E-state index contributed by atoms with van der Waals surface area (Å²) in [6.45, 7) is 1.69. The van der Waals surface area contributed by atoms with E-state index in [4.69, 9.17) is 12.2 Å². The average molecular weight is 296 g/mol. The molecule has 0 aliphatic carbocycles. The molecule has 0 radical (unpaired) electrons. The molecular weight excluding hydrogens is 287 g/mol. The van der Waals surface area contributed by atoms with Crippen molar-refractivity contribution in [3.05, 3.63) is 38.2 Å². The Morgan fingerprint density at radius 3 is 2.84 bits per heavy atom. The summed E-state index contributed by atoms with van der Waals surface area (Å²) >= 11 is 6.31. The zero-order valence-corrected chi connectivity index (χ0v) is 11.7. The Labute approximate surface area is 115 Å². The van der Waals surface area contributed by atoms with E-state index >= 15 is 0 Å². The monoisotopic (exact) mass is 296 g/mol. The van der Waals surface area contributed by atoms with Crippen LogP contribution < -0.4 is 5.69 Å². The second kappa shape index (κ2) is 4.10. The van der Waals surface area contributed by atoms with Crippen LogP contribution in [-0.4, -0.2) is 19.3 Å². The van der Waals surface area contributed by atoms with Crippen molar-refractivity contribution in [1.29, 1.82) is 0 Å². The molecule has 98 valence electrons. The van der Waals surface area contributed by atoms with Crippen LogP contribution in [0.4, 0.5) is 4.39 Å². The van der Waals surface area contributed by atoms with Gasteiger partial charge in [-0.1, -0.05) is 0 Å². The van der Waals surface area contributed by atoms with Crippen molar-refractivity contribution in [1.82, 2.24) is 19.3 Å². The van der Waals surface area contributed by atoms with E-state index in [0.717, 1.165) is 4.68 Å². The minimum atomic E-state index is -0.502. The van der Waals surface area contributed by atoms with E-state index in [1.54, 1.807) is 20.0 Å². The number of H-pyrrole nitrogens is 1. The molecule has 0 spiro atoms. The Morgan fingerprint density at radius 1 is 1.47 bits per heavy atom. The third-order valence-electron chi connectivity index (χ3n) is 2.91. The van der Waals surface area contributed by atoms with Crippen LogP contribution in [0.25, 0.3) is 15.9 Å². The molecule has 1 aromatic carbocycles. The van der Waals surface area contributed by atoms with E-state index in [1.807, 2.05) is 0 Å². The lowest BCUT2D eigenvalue weighted by molar-refractivity contribution is 0.608. The molecule has 0 amide bonds. The van der Waals surface area contributed by atoms with Gasteiger partial charge in [0.15, 0.2) is 9.77 Å². The number of hydrogen-bond donors (Lipinski definition) is 1. The minimum absolute atomic E-state index is 0.116. The second-order valence-corrected chi connectivity index (χ2v) is 5.83. The molecule has 0 atom stereocenters. The lowest BCUT2D eigenvalue weighted by Gasteiger charge is -2.01. The van der Waals surface area contributed by atoms with Gasteiger partial charge in [0.2, 0.25) is 0 Å². The van der Waals surface area contributed by atoms with Gasteiger partial charge in [0, 0.05) is 7.05 Å². The Hall–Kier alpha value is -1.80. The maximum absolute atomic E-state index is 14.1. The number of nitrogens with one attached hydrogen (secondary N) is 1. The fraction of sp³-hybridized carbons (Fsp3) is 0.182. The fourth-order valence-corrected chi connectivity index (χ4v) is 2.94. The summed E-state index contributed by atoms with van der Waals surface area (Å²) in [5.41, 5.74) is 0.427. The lowest BCUT2D eigenvalue weighted by atomic mass is 10.3. The largest absolute Gasteiger partial charge is 0.350 e. The van der Waals surface area contributed by atoms with Gasteiger partial charge in [-0.2, -0.15) is 9.78 Å². The topological polar surface area (TPSA) is 55.6 Å². The highest BCUT2D eigenvalue weighted by Crippen LogP contribution is 2.24. The maximum Gasteiger partial charge on any atom is 0.350 e. The lowest BCUT2D eigenvalue weighted by Crippen LogP contribution is -2.22. The fourth-order valence-electron chi connectivity index (χ4n) is 1.82. The quantitative estimate of drug-likeness (QED) is 0.701. The summed E-state index contributed by atoms with van der Waals surface area (Å²) < 4.78 is 17.8. The van der Waals surface area contributed by atoms with Crippen molar-refractivity contribution < 1.29 is 4.39 Å². The van der Waals surface area contributed by atoms with Crippen molar-refractivity contribution in [2.24, 2.45) is 7.05 Å². The van der Waals surface area contributed by atoms with Crippen molar-refractivity contribution in [3.63, 3.8) is 0 Å². The van der Waals surface area contributed by atoms with Gasteiger partial charge in [-0.05, 0) is 31.3 Å². The molecular formula is C11H9FN4OS2. The molecule has 0 aliphatic rings. The Balaban J connectivity index is 2.35. The van der Waals surface area contributed by atoms with Crippen LogP contribution in [0.2, 0.25) is 0 Å². The normalized spacial score (nSPS) is 11.3. The third-order valence-corrected chi connectivity index (χ3v) is 4.11. The number of aromatic nitrogens is 4. The van der Waals surface area contributed by atoms with Crippen molar-refractivity contribution in [2.75, 3.05) is 0 Å². The van der Waals surface area contributed by atoms with Crippen LogP contribution in [0.5, 0.6) is 0 Å². The summed E-state index contributed by atoms with van der Waals surface area (Å²) in [5.74, 6) is 0.0145. The van der Waals surface area contributed by atoms with Gasteiger partial charge in [0.05, 0.1) is 10.2 Å². The molecule has 8 heteroatoms. The number of aryl methyl sites for hydroxylation is 1. The number of benzene rings is 1. The Kier molecular flexibility index (Phi) is 2.64. The smallest absolute Gasteiger partial charge is 0.337 e. The first-order valence-corrected chi connectivity index (χ1v) is 6.65. The summed E-state index contributed by atoms with van der Waals surface area (Å²) in [7, 11) is 1.59. The predicted octanol–water partition coefficient (Wildman–Crippen LogP) is 2.29. The summed E-state index contributed by atoms with van der Waals surface area (Å²) in [5, 5.41) is 4.05. The average Bonchev–Trinajstić information content (AvgIpc) is 2.82. The number of aromatic amines is 1. The molecule has 3 rings (SSSR count). The van der Waals surface area contributed by atoms with Crippen LogP contribution in [0.15, 0.2) is 16.9 Å². The molecule has 1 N–H and O–H groups in total. The van der Waals surface area contributed by atoms with Gasteiger partial charge in [0.25, 0.3) is 0 Å². The SMILES string of the molecule is Cc1nn(-c2cc3[nH]c(=S)sc3cc2F)c(=O)n1C. The first-order valence-electron chi connectivity index (χ1n) is 5.43. The second-order valence-electron chi connectivity index (χ2n) is 4.11. The minimum Gasteiger partial charge on any atom is -0.337 e. The first kappa shape index (κ1) is 12.2. The Morgan fingerprint density at radius 2 is 2.21 bits per heavy atom. The van der Waals surface area contributed by atoms with Crippen molar-refractivity contribution in [2.45, 2.75) is 6.92 Å². The highest BCUT2D eigenvalue weighted by atomic mass is 32.1. The first-order chi connectivity index (χ1) is 8.97. The molecule has 19 heavy (non-hydrogen) atoms. The predicted molar refractivity (Wildman–Crippen MR) is 74.1 cm³/mol. The van der Waals surface area contributed by atoms with Crippen molar-refractivity contribution in [3.8, 4) is 5.69 Å². The van der Waals surface area contributed by atoms with Gasteiger partial charge in [-0.3, -0.25) is 4.57 Å². The molecule has 3 aromatic rings. The van der Waals surface area contributed by atoms with Crippen molar-refractivity contribution >= 4 is 33.8 Å². The van der Waals surface area contributed by atoms with E-state index in [9.17, 15) is 9.18 Å². The molecule has 2 heterocycles. The van der Waals surface area contributed by atoms with Crippen LogP contribution in [0.3, 0.4) is 0 Å². The zero-order valence-electron chi connectivity index (χ0n) is 10.1. The molecule has 0 aliphatic heterocycles. The molecule has 0 fully saturated rings. The van der Waals surface area contributed by atoms with E-state index in [-0.39, 0.29) is 11.4 Å². The number of rotatable bonds is 1.